The molecule has 0 bridgehead atoms. The molecule has 0 atom stereocenters. The summed E-state index contributed by atoms with van der Waals surface area (Å²) in [5.41, 5.74) is 3.13. The molecule has 2 heterocycles. The van der Waals surface area contributed by atoms with Gasteiger partial charge in [0.05, 0.1) is 33.1 Å². The van der Waals surface area contributed by atoms with E-state index in [0.29, 0.717) is 39.1 Å². The molecule has 7 aromatic carbocycles. The largest absolute Gasteiger partial charge is 0.508 e. The molecular formula is C42H27BN2O9. The van der Waals surface area contributed by atoms with Crippen molar-refractivity contribution in [3.63, 3.8) is 0 Å². The number of phenols is 8. The first-order valence-corrected chi connectivity index (χ1v) is 16.7. The molecule has 0 unspecified atom stereocenters. The third kappa shape index (κ3) is 4.50. The van der Waals surface area contributed by atoms with Gasteiger partial charge in [0.15, 0.2) is 34.2 Å². The van der Waals surface area contributed by atoms with Gasteiger partial charge in [-0.15, -0.1) is 0 Å². The number of hydrogen-bond acceptors (Lipinski definition) is 11. The van der Waals surface area contributed by atoms with Gasteiger partial charge >= 0.3 is 0 Å². The van der Waals surface area contributed by atoms with E-state index >= 15 is 0 Å². The summed E-state index contributed by atoms with van der Waals surface area (Å²) in [6, 6.07) is 32.1. The quantitative estimate of drug-likeness (QED) is 0.0518. The fraction of sp³-hybridized carbons (Fsp3) is 0. The van der Waals surface area contributed by atoms with Crippen molar-refractivity contribution in [3.05, 3.63) is 103 Å². The minimum absolute atomic E-state index is 0.0424. The standard InChI is InChI=1S/C42H27BN2O9/c43-31-27-28(36(50)38(52)37(51)35(27)49)40-30(33(31)47)29-32(46)26(34(48)39(53)41(29)54-40)22-15-16-23(21-14-8-7-13-20(21)22)42-44-24(18-9-3-1-4-10-18)17-25(45-42)19-11-5-2-6-12-19/h1-17,46-53H,43H2. The van der Waals surface area contributed by atoms with Crippen molar-refractivity contribution >= 4 is 56.8 Å². The van der Waals surface area contributed by atoms with Crippen LogP contribution < -0.4 is 5.46 Å². The molecule has 0 saturated heterocycles. The summed E-state index contributed by atoms with van der Waals surface area (Å²) in [6.45, 7) is 0. The Labute approximate surface area is 305 Å². The molecular weight excluding hydrogens is 687 g/mol. The maximum Gasteiger partial charge on any atom is 0.205 e. The normalized spacial score (nSPS) is 11.6. The van der Waals surface area contributed by atoms with Crippen LogP contribution in [0.3, 0.4) is 0 Å². The van der Waals surface area contributed by atoms with E-state index in [4.69, 9.17) is 14.4 Å². The molecule has 54 heavy (non-hydrogen) atoms. The van der Waals surface area contributed by atoms with E-state index in [0.717, 1.165) is 11.1 Å². The summed E-state index contributed by atoms with van der Waals surface area (Å²) >= 11 is 0. The molecule has 8 N–H and O–H groups in total. The maximum absolute atomic E-state index is 12.0. The highest BCUT2D eigenvalue weighted by Gasteiger charge is 2.32. The van der Waals surface area contributed by atoms with Crippen LogP contribution in [0.1, 0.15) is 0 Å². The Bertz CT molecular complexity index is 2980. The number of phenolic OH excluding ortho intramolecular Hbond substituents is 8. The summed E-state index contributed by atoms with van der Waals surface area (Å²) in [5, 5.41) is 88.8. The van der Waals surface area contributed by atoms with Crippen molar-refractivity contribution in [2.75, 3.05) is 0 Å². The van der Waals surface area contributed by atoms with Gasteiger partial charge < -0.3 is 45.3 Å². The molecule has 0 aliphatic carbocycles. The second-order valence-corrected chi connectivity index (χ2v) is 12.9. The minimum atomic E-state index is -1.05. The monoisotopic (exact) mass is 714 g/mol. The lowest BCUT2D eigenvalue weighted by Gasteiger charge is -2.16. The average Bonchev–Trinajstić information content (AvgIpc) is 3.61. The molecule has 12 heteroatoms. The van der Waals surface area contributed by atoms with Crippen LogP contribution in [0.5, 0.6) is 46.0 Å². The van der Waals surface area contributed by atoms with Gasteiger partial charge in [-0.2, -0.15) is 0 Å². The Morgan fingerprint density at radius 2 is 0.907 bits per heavy atom. The molecule has 0 aliphatic rings. The highest BCUT2D eigenvalue weighted by atomic mass is 16.4. The van der Waals surface area contributed by atoms with E-state index in [2.05, 4.69) is 0 Å². The van der Waals surface area contributed by atoms with Crippen LogP contribution in [-0.2, 0) is 0 Å². The van der Waals surface area contributed by atoms with Gasteiger partial charge in [0, 0.05) is 22.1 Å². The van der Waals surface area contributed by atoms with E-state index in [1.54, 1.807) is 24.3 Å². The topological polar surface area (TPSA) is 201 Å². The highest BCUT2D eigenvalue weighted by molar-refractivity contribution is 6.46. The predicted octanol–water partition coefficient (Wildman–Crippen LogP) is 7.25. The number of nitrogens with zero attached hydrogens (tertiary/aromatic N) is 2. The molecule has 0 spiro atoms. The Hall–Kier alpha value is -7.60. The summed E-state index contributed by atoms with van der Waals surface area (Å²) in [6.07, 6.45) is 0. The van der Waals surface area contributed by atoms with Gasteiger partial charge in [0.1, 0.15) is 19.3 Å². The molecule has 0 aliphatic heterocycles. The number of aromatic nitrogens is 2. The third-order valence-electron chi connectivity index (χ3n) is 9.95. The lowest BCUT2D eigenvalue weighted by Crippen LogP contribution is -2.06. The predicted molar refractivity (Wildman–Crippen MR) is 208 cm³/mol. The van der Waals surface area contributed by atoms with Crippen LogP contribution >= 0.6 is 0 Å². The van der Waals surface area contributed by atoms with E-state index in [1.807, 2.05) is 78.9 Å². The van der Waals surface area contributed by atoms with Crippen molar-refractivity contribution < 1.29 is 45.3 Å². The van der Waals surface area contributed by atoms with E-state index in [1.165, 1.54) is 7.85 Å². The van der Waals surface area contributed by atoms with Gasteiger partial charge in [-0.25, -0.2) is 9.97 Å². The van der Waals surface area contributed by atoms with E-state index < -0.39 is 51.6 Å². The maximum atomic E-state index is 12.0. The Morgan fingerprint density at radius 1 is 0.426 bits per heavy atom. The van der Waals surface area contributed by atoms with Crippen molar-refractivity contribution in [3.8, 4) is 91.0 Å². The van der Waals surface area contributed by atoms with Crippen molar-refractivity contribution in [1.29, 1.82) is 0 Å². The lowest BCUT2D eigenvalue weighted by atomic mass is 9.85. The number of benzene rings is 7. The first-order valence-electron chi connectivity index (χ1n) is 16.7. The lowest BCUT2D eigenvalue weighted by molar-refractivity contribution is 0.351. The van der Waals surface area contributed by atoms with Crippen LogP contribution in [0, 0.1) is 0 Å². The van der Waals surface area contributed by atoms with Gasteiger partial charge in [-0.1, -0.05) is 91.0 Å². The molecule has 0 saturated carbocycles. The molecule has 0 amide bonds. The molecule has 9 aromatic rings. The number of fused-ring (bicyclic) bond motifs is 6. The van der Waals surface area contributed by atoms with Gasteiger partial charge in [0.2, 0.25) is 17.2 Å². The van der Waals surface area contributed by atoms with Crippen LogP contribution in [0.25, 0.3) is 88.5 Å². The molecule has 0 radical (unpaired) electrons. The van der Waals surface area contributed by atoms with Crippen molar-refractivity contribution in [2.24, 2.45) is 0 Å². The number of furan rings is 1. The molecule has 11 nitrogen and oxygen atoms in total. The zero-order valence-corrected chi connectivity index (χ0v) is 28.2. The molecule has 262 valence electrons. The molecule has 9 rings (SSSR count). The van der Waals surface area contributed by atoms with Crippen LogP contribution in [0.2, 0.25) is 0 Å². The second-order valence-electron chi connectivity index (χ2n) is 12.9. The summed E-state index contributed by atoms with van der Waals surface area (Å²) in [5.74, 6) is -5.99. The van der Waals surface area contributed by atoms with Crippen LogP contribution in [0.15, 0.2) is 108 Å². The SMILES string of the molecule is Bc1c(O)c2c(oc3c(O)c(O)c(-c4ccc(-c5nc(-c6ccccc6)cc(-c6ccccc6)n5)c5ccccc45)c(O)c32)c2c(O)c(O)c(O)c(O)c12. The van der Waals surface area contributed by atoms with Crippen molar-refractivity contribution in [1.82, 2.24) is 9.97 Å². The molecule has 0 fully saturated rings. The first kappa shape index (κ1) is 32.3. The van der Waals surface area contributed by atoms with E-state index in [9.17, 15) is 40.9 Å². The summed E-state index contributed by atoms with van der Waals surface area (Å²) in [4.78, 5) is 9.95. The highest BCUT2D eigenvalue weighted by Crippen LogP contribution is 2.58. The number of rotatable bonds is 4. The van der Waals surface area contributed by atoms with Gasteiger partial charge in [-0.3, -0.25) is 0 Å². The van der Waals surface area contributed by atoms with Crippen LogP contribution in [0.4, 0.5) is 0 Å². The fourth-order valence-corrected chi connectivity index (χ4v) is 7.33. The smallest absolute Gasteiger partial charge is 0.205 e. The Kier molecular flexibility index (Phi) is 7.01. The fourth-order valence-electron chi connectivity index (χ4n) is 7.33. The van der Waals surface area contributed by atoms with Crippen molar-refractivity contribution in [2.45, 2.75) is 0 Å². The summed E-state index contributed by atoms with van der Waals surface area (Å²) in [7, 11) is 1.38. The average molecular weight is 714 g/mol. The Morgan fingerprint density at radius 3 is 1.50 bits per heavy atom. The Balaban J connectivity index is 1.32. The molecule has 2 aromatic heterocycles. The number of hydrogen-bond donors (Lipinski definition) is 8. The van der Waals surface area contributed by atoms with Crippen LogP contribution in [-0.4, -0.2) is 58.7 Å². The second kappa shape index (κ2) is 11.7. The zero-order valence-electron chi connectivity index (χ0n) is 28.2. The van der Waals surface area contributed by atoms with E-state index in [-0.39, 0.29) is 38.2 Å². The van der Waals surface area contributed by atoms with Gasteiger partial charge in [0.25, 0.3) is 0 Å². The minimum Gasteiger partial charge on any atom is -0.508 e. The zero-order chi connectivity index (χ0) is 37.6. The first-order chi connectivity index (χ1) is 26.1. The number of aromatic hydroxyl groups is 8. The van der Waals surface area contributed by atoms with Gasteiger partial charge in [-0.05, 0) is 33.9 Å². The third-order valence-corrected chi connectivity index (χ3v) is 9.95. The summed E-state index contributed by atoms with van der Waals surface area (Å²) < 4.78 is 5.86.